The first-order valence-corrected chi connectivity index (χ1v) is 5.94. The number of rotatable bonds is 8. The van der Waals surface area contributed by atoms with Crippen molar-refractivity contribution >= 4 is 7.82 Å². The molecule has 7 heteroatoms. The summed E-state index contributed by atoms with van der Waals surface area (Å²) in [6.07, 6.45) is 0. The first-order chi connectivity index (χ1) is 6.49. The van der Waals surface area contributed by atoms with E-state index in [-0.39, 0.29) is 6.61 Å². The molecule has 0 fully saturated rings. The molecule has 0 saturated carbocycles. The van der Waals surface area contributed by atoms with E-state index in [0.29, 0.717) is 13.2 Å². The zero-order chi connectivity index (χ0) is 11.0. The van der Waals surface area contributed by atoms with Gasteiger partial charge in [0.15, 0.2) is 0 Å². The highest BCUT2D eigenvalue weighted by atomic mass is 31.2. The predicted molar refractivity (Wildman–Crippen MR) is 52.0 cm³/mol. The van der Waals surface area contributed by atoms with E-state index in [1.54, 1.807) is 7.11 Å². The van der Waals surface area contributed by atoms with Crippen LogP contribution < -0.4 is 0 Å². The Morgan fingerprint density at radius 2 is 1.86 bits per heavy atom. The lowest BCUT2D eigenvalue weighted by molar-refractivity contribution is 0.127. The lowest BCUT2D eigenvalue weighted by Gasteiger charge is -2.19. The van der Waals surface area contributed by atoms with Crippen molar-refractivity contribution in [2.24, 2.45) is 0 Å². The van der Waals surface area contributed by atoms with Crippen LogP contribution in [0.2, 0.25) is 0 Å². The van der Waals surface area contributed by atoms with Crippen molar-refractivity contribution in [2.45, 2.75) is 6.92 Å². The van der Waals surface area contributed by atoms with Gasteiger partial charge in [0.1, 0.15) is 0 Å². The number of hydrogen-bond donors (Lipinski definition) is 2. The molecule has 0 unspecified atom stereocenters. The van der Waals surface area contributed by atoms with Crippen molar-refractivity contribution in [3.63, 3.8) is 0 Å². The molecule has 0 saturated heterocycles. The van der Waals surface area contributed by atoms with Crippen molar-refractivity contribution < 1.29 is 23.6 Å². The SMILES string of the molecule is CCN(CCOC)CCOP(=O)(O)O. The van der Waals surface area contributed by atoms with Crippen LogP contribution in [0, 0.1) is 0 Å². The standard InChI is InChI=1S/C7H18NO5P/c1-3-8(4-6-12-2)5-7-13-14(9,10)11/h3-7H2,1-2H3,(H2,9,10,11). The molecule has 0 aromatic rings. The summed E-state index contributed by atoms with van der Waals surface area (Å²) in [6, 6.07) is 0. The molecule has 14 heavy (non-hydrogen) atoms. The first-order valence-electron chi connectivity index (χ1n) is 4.41. The molecule has 0 aliphatic carbocycles. The second-order valence-corrected chi connectivity index (χ2v) is 3.99. The van der Waals surface area contributed by atoms with Crippen LogP contribution in [0.3, 0.4) is 0 Å². The summed E-state index contributed by atoms with van der Waals surface area (Å²) in [7, 11) is -2.71. The summed E-state index contributed by atoms with van der Waals surface area (Å²) >= 11 is 0. The second-order valence-electron chi connectivity index (χ2n) is 2.75. The molecule has 0 radical (unpaired) electrons. The van der Waals surface area contributed by atoms with Crippen molar-refractivity contribution in [1.82, 2.24) is 4.90 Å². The number of likely N-dealkylation sites (N-methyl/N-ethyl adjacent to an activating group) is 1. The summed E-state index contributed by atoms with van der Waals surface area (Å²) in [6.45, 7) is 4.62. The molecule has 0 aromatic carbocycles. The number of phosphoric acid groups is 1. The normalized spacial score (nSPS) is 12.4. The lowest BCUT2D eigenvalue weighted by Crippen LogP contribution is -2.30. The zero-order valence-corrected chi connectivity index (χ0v) is 9.44. The molecule has 0 bridgehead atoms. The van der Waals surface area contributed by atoms with Crippen molar-refractivity contribution in [2.75, 3.05) is 40.0 Å². The van der Waals surface area contributed by atoms with Gasteiger partial charge in [-0.3, -0.25) is 9.42 Å². The van der Waals surface area contributed by atoms with Gasteiger partial charge in [-0.1, -0.05) is 6.92 Å². The minimum atomic E-state index is -4.32. The van der Waals surface area contributed by atoms with Crippen LogP contribution in [0.1, 0.15) is 6.92 Å². The Bertz CT molecular complexity index is 183. The van der Waals surface area contributed by atoms with Crippen molar-refractivity contribution in [3.05, 3.63) is 0 Å². The molecule has 86 valence electrons. The molecule has 0 heterocycles. The predicted octanol–water partition coefficient (Wildman–Crippen LogP) is 0.0640. The molecule has 0 amide bonds. The van der Waals surface area contributed by atoms with E-state index in [2.05, 4.69) is 4.52 Å². The van der Waals surface area contributed by atoms with Crippen LogP contribution in [0.4, 0.5) is 0 Å². The van der Waals surface area contributed by atoms with Gasteiger partial charge in [-0.25, -0.2) is 4.57 Å². The minimum absolute atomic E-state index is 0.0296. The molecule has 6 nitrogen and oxygen atoms in total. The van der Waals surface area contributed by atoms with E-state index in [0.717, 1.165) is 13.1 Å². The number of hydrogen-bond acceptors (Lipinski definition) is 4. The maximum Gasteiger partial charge on any atom is 0.469 e. The Balaban J connectivity index is 3.57. The fourth-order valence-electron chi connectivity index (χ4n) is 0.937. The van der Waals surface area contributed by atoms with Gasteiger partial charge in [0.05, 0.1) is 13.2 Å². The summed E-state index contributed by atoms with van der Waals surface area (Å²) < 4.78 is 19.6. The molecule has 0 aromatic heterocycles. The average molecular weight is 227 g/mol. The quantitative estimate of drug-likeness (QED) is 0.571. The molecule has 0 rings (SSSR count). The first kappa shape index (κ1) is 14.0. The van der Waals surface area contributed by atoms with Crippen LogP contribution in [0.5, 0.6) is 0 Å². The Kier molecular flexibility index (Phi) is 7.35. The lowest BCUT2D eigenvalue weighted by atomic mass is 10.5. The zero-order valence-electron chi connectivity index (χ0n) is 8.55. The monoisotopic (exact) mass is 227 g/mol. The summed E-state index contributed by atoms with van der Waals surface area (Å²) in [5, 5.41) is 0. The Morgan fingerprint density at radius 1 is 1.29 bits per heavy atom. The maximum atomic E-state index is 10.3. The summed E-state index contributed by atoms with van der Waals surface area (Å²) in [5.41, 5.74) is 0. The van der Waals surface area contributed by atoms with Gasteiger partial charge in [0.25, 0.3) is 0 Å². The number of methoxy groups -OCH3 is 1. The maximum absolute atomic E-state index is 10.3. The Labute approximate surface area is 84.1 Å². The molecule has 2 N–H and O–H groups in total. The van der Waals surface area contributed by atoms with E-state index in [9.17, 15) is 4.57 Å². The molecule has 0 atom stereocenters. The van der Waals surface area contributed by atoms with E-state index >= 15 is 0 Å². The third-order valence-corrected chi connectivity index (χ3v) is 2.24. The Hall–Kier alpha value is 0.0300. The molecular formula is C7H18NO5P. The molecule has 0 aliphatic heterocycles. The van der Waals surface area contributed by atoms with Crippen LogP contribution in [-0.4, -0.2) is 54.6 Å². The van der Waals surface area contributed by atoms with Gasteiger partial charge in [0.2, 0.25) is 0 Å². The van der Waals surface area contributed by atoms with Crippen molar-refractivity contribution in [1.29, 1.82) is 0 Å². The van der Waals surface area contributed by atoms with Gasteiger partial charge in [-0.2, -0.15) is 0 Å². The highest BCUT2D eigenvalue weighted by Gasteiger charge is 2.13. The summed E-state index contributed by atoms with van der Waals surface area (Å²) in [4.78, 5) is 18.8. The number of phosphoric ester groups is 1. The highest BCUT2D eigenvalue weighted by molar-refractivity contribution is 7.46. The molecule has 0 spiro atoms. The van der Waals surface area contributed by atoms with E-state index < -0.39 is 7.82 Å². The van der Waals surface area contributed by atoms with Crippen LogP contribution in [0.25, 0.3) is 0 Å². The van der Waals surface area contributed by atoms with Crippen molar-refractivity contribution in [3.8, 4) is 0 Å². The highest BCUT2D eigenvalue weighted by Crippen LogP contribution is 2.35. The van der Waals surface area contributed by atoms with Crippen LogP contribution in [-0.2, 0) is 13.8 Å². The second kappa shape index (κ2) is 7.34. The van der Waals surface area contributed by atoms with Crippen LogP contribution >= 0.6 is 7.82 Å². The third-order valence-electron chi connectivity index (χ3n) is 1.73. The minimum Gasteiger partial charge on any atom is -0.383 e. The fraction of sp³-hybridized carbons (Fsp3) is 1.00. The fourth-order valence-corrected chi connectivity index (χ4v) is 1.26. The van der Waals surface area contributed by atoms with Gasteiger partial charge in [-0.15, -0.1) is 0 Å². The summed E-state index contributed by atoms with van der Waals surface area (Å²) in [5.74, 6) is 0. The molecular weight excluding hydrogens is 209 g/mol. The van der Waals surface area contributed by atoms with Gasteiger partial charge < -0.3 is 14.5 Å². The Morgan fingerprint density at radius 3 is 2.29 bits per heavy atom. The molecule has 0 aliphatic rings. The van der Waals surface area contributed by atoms with Gasteiger partial charge >= 0.3 is 7.82 Å². The number of nitrogens with zero attached hydrogens (tertiary/aromatic N) is 1. The van der Waals surface area contributed by atoms with E-state index in [4.69, 9.17) is 14.5 Å². The van der Waals surface area contributed by atoms with Crippen LogP contribution in [0.15, 0.2) is 0 Å². The van der Waals surface area contributed by atoms with E-state index in [1.165, 1.54) is 0 Å². The average Bonchev–Trinajstić information content (AvgIpc) is 2.09. The van der Waals surface area contributed by atoms with Gasteiger partial charge in [-0.05, 0) is 6.54 Å². The topological polar surface area (TPSA) is 79.2 Å². The third kappa shape index (κ3) is 8.62. The van der Waals surface area contributed by atoms with E-state index in [1.807, 2.05) is 11.8 Å². The largest absolute Gasteiger partial charge is 0.469 e. The smallest absolute Gasteiger partial charge is 0.383 e. The van der Waals surface area contributed by atoms with Gasteiger partial charge in [0, 0.05) is 20.2 Å². The number of ether oxygens (including phenoxy) is 1.